The fourth-order valence-electron chi connectivity index (χ4n) is 1.39. The number of nitrogens with zero attached hydrogens (tertiary/aromatic N) is 1. The average molecular weight is 225 g/mol. The third-order valence-electron chi connectivity index (χ3n) is 3.31. The molecule has 0 saturated heterocycles. The van der Waals surface area contributed by atoms with E-state index in [1.807, 2.05) is 32.8 Å². The lowest BCUT2D eigenvalue weighted by Gasteiger charge is -2.37. The van der Waals surface area contributed by atoms with Crippen molar-refractivity contribution >= 4 is 0 Å². The Balaban J connectivity index is 2.71. The molecule has 0 aliphatic carbocycles. The number of hydrogen-bond acceptors (Lipinski definition) is 2. The van der Waals surface area contributed by atoms with Gasteiger partial charge in [-0.1, -0.05) is 12.1 Å². The highest BCUT2D eigenvalue weighted by Crippen LogP contribution is 2.19. The van der Waals surface area contributed by atoms with Gasteiger partial charge in [0.2, 0.25) is 0 Å². The van der Waals surface area contributed by atoms with Crippen molar-refractivity contribution in [1.29, 1.82) is 0 Å². The molecule has 0 bridgehead atoms. The van der Waals surface area contributed by atoms with Gasteiger partial charge in [-0.05, 0) is 45.6 Å². The maximum Gasteiger partial charge on any atom is 0.123 e. The molecule has 1 atom stereocenters. The molecular weight excluding hydrogens is 205 g/mol. The van der Waals surface area contributed by atoms with Crippen molar-refractivity contribution in [2.45, 2.75) is 31.9 Å². The second-order valence-corrected chi connectivity index (χ2v) is 4.89. The van der Waals surface area contributed by atoms with E-state index in [4.69, 9.17) is 0 Å². The van der Waals surface area contributed by atoms with E-state index in [2.05, 4.69) is 0 Å². The molecule has 0 heterocycles. The molecule has 0 aliphatic rings. The van der Waals surface area contributed by atoms with Crippen molar-refractivity contribution in [3.8, 4) is 0 Å². The molecule has 90 valence electrons. The molecule has 1 aromatic carbocycles. The van der Waals surface area contributed by atoms with Crippen LogP contribution in [0.1, 0.15) is 19.4 Å². The zero-order valence-electron chi connectivity index (χ0n) is 10.4. The first-order valence-electron chi connectivity index (χ1n) is 5.44. The maximum atomic E-state index is 12.7. The minimum absolute atomic E-state index is 0.245. The fraction of sp³-hybridized carbons (Fsp3) is 0.538. The van der Waals surface area contributed by atoms with E-state index in [0.717, 1.165) is 5.56 Å². The molecule has 0 radical (unpaired) electrons. The standard InChI is InChI=1S/C13H20FNO/c1-13(2,15(3)4)12(16)9-10-5-7-11(14)8-6-10/h5-8,12,16H,9H2,1-4H3. The predicted octanol–water partition coefficient (Wildman–Crippen LogP) is 2.07. The first-order chi connectivity index (χ1) is 7.34. The summed E-state index contributed by atoms with van der Waals surface area (Å²) in [5.41, 5.74) is 0.651. The number of halogens is 1. The van der Waals surface area contributed by atoms with Gasteiger partial charge >= 0.3 is 0 Å². The molecule has 2 nitrogen and oxygen atoms in total. The lowest BCUT2D eigenvalue weighted by Crippen LogP contribution is -2.49. The van der Waals surface area contributed by atoms with Crippen LogP contribution in [0.15, 0.2) is 24.3 Å². The van der Waals surface area contributed by atoms with Gasteiger partial charge in [-0.25, -0.2) is 4.39 Å². The summed E-state index contributed by atoms with van der Waals surface area (Å²) in [6.07, 6.45) is 0.0545. The van der Waals surface area contributed by atoms with Gasteiger partial charge in [-0.15, -0.1) is 0 Å². The Bertz CT molecular complexity index is 332. The van der Waals surface area contributed by atoms with Crippen LogP contribution >= 0.6 is 0 Å². The summed E-state index contributed by atoms with van der Waals surface area (Å²) < 4.78 is 12.7. The van der Waals surface area contributed by atoms with Crippen LogP contribution in [0.5, 0.6) is 0 Å². The first-order valence-corrected chi connectivity index (χ1v) is 5.44. The summed E-state index contributed by atoms with van der Waals surface area (Å²) >= 11 is 0. The van der Waals surface area contributed by atoms with Crippen molar-refractivity contribution in [3.05, 3.63) is 35.6 Å². The molecule has 0 spiro atoms. The third-order valence-corrected chi connectivity index (χ3v) is 3.31. The van der Waals surface area contributed by atoms with E-state index in [0.29, 0.717) is 6.42 Å². The van der Waals surface area contributed by atoms with Gasteiger partial charge in [0.05, 0.1) is 6.10 Å². The third kappa shape index (κ3) is 3.03. The number of aliphatic hydroxyl groups is 1. The number of aliphatic hydroxyl groups excluding tert-OH is 1. The van der Waals surface area contributed by atoms with Gasteiger partial charge in [0.1, 0.15) is 5.82 Å². The number of likely N-dealkylation sites (N-methyl/N-ethyl adjacent to an activating group) is 1. The van der Waals surface area contributed by atoms with Gasteiger partial charge in [0.15, 0.2) is 0 Å². The SMILES string of the molecule is CN(C)C(C)(C)C(O)Cc1ccc(F)cc1. The zero-order valence-corrected chi connectivity index (χ0v) is 10.4. The van der Waals surface area contributed by atoms with E-state index in [-0.39, 0.29) is 11.4 Å². The Kier molecular flexibility index (Phi) is 4.05. The zero-order chi connectivity index (χ0) is 12.3. The molecule has 0 aliphatic heterocycles. The Morgan fingerprint density at radius 2 is 1.75 bits per heavy atom. The number of rotatable bonds is 4. The van der Waals surface area contributed by atoms with E-state index in [1.54, 1.807) is 12.1 Å². The Morgan fingerprint density at radius 3 is 2.19 bits per heavy atom. The summed E-state index contributed by atoms with van der Waals surface area (Å²) in [6, 6.07) is 6.27. The van der Waals surface area contributed by atoms with Crippen LogP contribution in [0.25, 0.3) is 0 Å². The Hall–Kier alpha value is -0.930. The van der Waals surface area contributed by atoms with Crippen molar-refractivity contribution < 1.29 is 9.50 Å². The normalized spacial score (nSPS) is 14.2. The quantitative estimate of drug-likeness (QED) is 0.848. The summed E-state index contributed by atoms with van der Waals surface area (Å²) in [7, 11) is 3.88. The van der Waals surface area contributed by atoms with Crippen molar-refractivity contribution in [2.24, 2.45) is 0 Å². The summed E-state index contributed by atoms with van der Waals surface area (Å²) in [4.78, 5) is 1.99. The van der Waals surface area contributed by atoms with Gasteiger partial charge < -0.3 is 10.0 Å². The topological polar surface area (TPSA) is 23.5 Å². The number of hydrogen-bond donors (Lipinski definition) is 1. The summed E-state index contributed by atoms with van der Waals surface area (Å²) in [6.45, 7) is 3.97. The smallest absolute Gasteiger partial charge is 0.123 e. The molecule has 1 aromatic rings. The van der Waals surface area contributed by atoms with E-state index in [9.17, 15) is 9.50 Å². The highest BCUT2D eigenvalue weighted by atomic mass is 19.1. The molecule has 3 heteroatoms. The van der Waals surface area contributed by atoms with E-state index >= 15 is 0 Å². The summed E-state index contributed by atoms with van der Waals surface area (Å²) in [5.74, 6) is -0.245. The van der Waals surface area contributed by atoms with Crippen LogP contribution in [0.4, 0.5) is 4.39 Å². The second-order valence-electron chi connectivity index (χ2n) is 4.89. The molecule has 0 amide bonds. The van der Waals surface area contributed by atoms with Crippen molar-refractivity contribution in [3.63, 3.8) is 0 Å². The van der Waals surface area contributed by atoms with E-state index in [1.165, 1.54) is 12.1 Å². The average Bonchev–Trinajstić information content (AvgIpc) is 2.21. The van der Waals surface area contributed by atoms with Gasteiger partial charge in [0.25, 0.3) is 0 Å². The molecule has 1 unspecified atom stereocenters. The second kappa shape index (κ2) is 4.93. The summed E-state index contributed by atoms with van der Waals surface area (Å²) in [5, 5.41) is 10.1. The molecule has 1 N–H and O–H groups in total. The van der Waals surface area contributed by atoms with Gasteiger partial charge in [-0.3, -0.25) is 0 Å². The largest absolute Gasteiger partial charge is 0.391 e. The molecule has 0 saturated carbocycles. The lowest BCUT2D eigenvalue weighted by molar-refractivity contribution is 0.0182. The number of benzene rings is 1. The molecule has 0 fully saturated rings. The minimum atomic E-state index is -0.479. The van der Waals surface area contributed by atoms with Crippen LogP contribution in [0.3, 0.4) is 0 Å². The van der Waals surface area contributed by atoms with Crippen LogP contribution in [0, 0.1) is 5.82 Å². The van der Waals surface area contributed by atoms with Crippen molar-refractivity contribution in [2.75, 3.05) is 14.1 Å². The molecule has 1 rings (SSSR count). The van der Waals surface area contributed by atoms with Gasteiger partial charge in [0, 0.05) is 12.0 Å². The van der Waals surface area contributed by atoms with E-state index < -0.39 is 6.10 Å². The predicted molar refractivity (Wildman–Crippen MR) is 63.9 cm³/mol. The molecule has 0 aromatic heterocycles. The Morgan fingerprint density at radius 1 is 1.25 bits per heavy atom. The highest BCUT2D eigenvalue weighted by Gasteiger charge is 2.29. The van der Waals surface area contributed by atoms with Crippen LogP contribution in [0.2, 0.25) is 0 Å². The maximum absolute atomic E-state index is 12.7. The molecule has 16 heavy (non-hydrogen) atoms. The van der Waals surface area contributed by atoms with Crippen LogP contribution in [-0.2, 0) is 6.42 Å². The fourth-order valence-corrected chi connectivity index (χ4v) is 1.39. The van der Waals surface area contributed by atoms with Gasteiger partial charge in [-0.2, -0.15) is 0 Å². The first kappa shape index (κ1) is 13.1. The van der Waals surface area contributed by atoms with Crippen molar-refractivity contribution in [1.82, 2.24) is 4.90 Å². The Labute approximate surface area is 96.7 Å². The minimum Gasteiger partial charge on any atom is -0.391 e. The lowest BCUT2D eigenvalue weighted by atomic mass is 9.91. The molecular formula is C13H20FNO. The highest BCUT2D eigenvalue weighted by molar-refractivity contribution is 5.17. The van der Waals surface area contributed by atoms with Crippen LogP contribution < -0.4 is 0 Å². The monoisotopic (exact) mass is 225 g/mol. The van der Waals surface area contributed by atoms with Crippen LogP contribution in [-0.4, -0.2) is 35.7 Å².